The number of carbonyl (C=O) groups is 1. The largest absolute Gasteiger partial charge is 0.550 e. The Hall–Kier alpha value is -1.20. The number of carboxylic acid groups (broad SMARTS) is 1. The first-order valence-corrected chi connectivity index (χ1v) is 6.11. The molecule has 17 heavy (non-hydrogen) atoms. The van der Waals surface area contributed by atoms with Crippen molar-refractivity contribution in [1.82, 2.24) is 4.90 Å². The zero-order valence-corrected chi connectivity index (χ0v) is 10.9. The lowest BCUT2D eigenvalue weighted by molar-refractivity contribution is -0.305. The molecule has 0 amide bonds. The Kier molecular flexibility index (Phi) is 5.86. The zero-order valence-electron chi connectivity index (χ0n) is 9.30. The SMILES string of the molecule is O=C([O-])CCCN(Cc1ccccc1)C(=S)[S-]. The summed E-state index contributed by atoms with van der Waals surface area (Å²) in [6, 6.07) is 9.80. The Bertz CT molecular complexity index is 381. The highest BCUT2D eigenvalue weighted by atomic mass is 32.1. The van der Waals surface area contributed by atoms with E-state index in [0.29, 0.717) is 23.8 Å². The molecule has 92 valence electrons. The molecule has 0 bridgehead atoms. The van der Waals surface area contributed by atoms with Gasteiger partial charge in [-0.15, -0.1) is 0 Å². The van der Waals surface area contributed by atoms with E-state index in [9.17, 15) is 9.90 Å². The molecule has 0 aromatic heterocycles. The van der Waals surface area contributed by atoms with Crippen LogP contribution in [0.5, 0.6) is 0 Å². The van der Waals surface area contributed by atoms with Gasteiger partial charge in [-0.25, -0.2) is 0 Å². The molecule has 0 atom stereocenters. The van der Waals surface area contributed by atoms with Crippen LogP contribution in [0.1, 0.15) is 18.4 Å². The number of hydrogen-bond acceptors (Lipinski definition) is 4. The quantitative estimate of drug-likeness (QED) is 0.565. The molecule has 0 aliphatic rings. The second kappa shape index (κ2) is 7.19. The third-order valence-electron chi connectivity index (χ3n) is 2.28. The molecule has 1 aromatic carbocycles. The van der Waals surface area contributed by atoms with E-state index in [1.54, 1.807) is 0 Å². The molecule has 0 fully saturated rings. The summed E-state index contributed by atoms with van der Waals surface area (Å²) in [6.07, 6.45) is 0.523. The summed E-state index contributed by atoms with van der Waals surface area (Å²) < 4.78 is 0.368. The van der Waals surface area contributed by atoms with E-state index < -0.39 is 5.97 Å². The fourth-order valence-corrected chi connectivity index (χ4v) is 1.76. The van der Waals surface area contributed by atoms with Gasteiger partial charge < -0.3 is 39.6 Å². The van der Waals surface area contributed by atoms with Gasteiger partial charge in [0.2, 0.25) is 0 Å². The first-order chi connectivity index (χ1) is 8.09. The summed E-state index contributed by atoms with van der Waals surface area (Å²) in [4.78, 5) is 12.1. The predicted octanol–water partition coefficient (Wildman–Crippen LogP) is 0.850. The number of carboxylic acids is 1. The second-order valence-electron chi connectivity index (χ2n) is 3.65. The molecule has 0 saturated heterocycles. The van der Waals surface area contributed by atoms with Gasteiger partial charge in [-0.3, -0.25) is 0 Å². The van der Waals surface area contributed by atoms with Gasteiger partial charge >= 0.3 is 0 Å². The van der Waals surface area contributed by atoms with Crippen LogP contribution in [0, 0.1) is 0 Å². The predicted molar refractivity (Wildman–Crippen MR) is 71.1 cm³/mol. The van der Waals surface area contributed by atoms with Crippen molar-refractivity contribution in [3.8, 4) is 0 Å². The van der Waals surface area contributed by atoms with Crippen LogP contribution in [0.15, 0.2) is 30.3 Å². The molecule has 0 aliphatic heterocycles. The van der Waals surface area contributed by atoms with Crippen molar-refractivity contribution in [3.05, 3.63) is 35.9 Å². The van der Waals surface area contributed by atoms with Crippen molar-refractivity contribution in [1.29, 1.82) is 0 Å². The van der Waals surface area contributed by atoms with Crippen LogP contribution < -0.4 is 5.11 Å². The van der Waals surface area contributed by atoms with Crippen LogP contribution in [0.3, 0.4) is 0 Å². The number of carbonyl (C=O) groups excluding carboxylic acids is 1. The number of thiocarbonyl (C=S) groups is 1. The summed E-state index contributed by atoms with van der Waals surface area (Å²) in [5, 5.41) is 10.3. The zero-order chi connectivity index (χ0) is 12.7. The first-order valence-electron chi connectivity index (χ1n) is 5.29. The maximum absolute atomic E-state index is 10.3. The summed E-state index contributed by atoms with van der Waals surface area (Å²) in [5.41, 5.74) is 1.10. The number of benzene rings is 1. The van der Waals surface area contributed by atoms with Crippen molar-refractivity contribution in [3.63, 3.8) is 0 Å². The minimum Gasteiger partial charge on any atom is -0.550 e. The van der Waals surface area contributed by atoms with E-state index in [4.69, 9.17) is 24.8 Å². The lowest BCUT2D eigenvalue weighted by atomic mass is 10.2. The molecule has 0 N–H and O–H groups in total. The third kappa shape index (κ3) is 5.60. The van der Waals surface area contributed by atoms with Crippen LogP contribution in [-0.2, 0) is 24.0 Å². The van der Waals surface area contributed by atoms with Crippen molar-refractivity contribution in [2.75, 3.05) is 6.54 Å². The highest BCUT2D eigenvalue weighted by Crippen LogP contribution is 2.06. The molecule has 0 unspecified atom stereocenters. The maximum atomic E-state index is 10.3. The molecule has 0 radical (unpaired) electrons. The number of hydrogen-bond donors (Lipinski definition) is 0. The molecule has 0 spiro atoms. The maximum Gasteiger partial charge on any atom is 0.0415 e. The van der Waals surface area contributed by atoms with E-state index in [2.05, 4.69) is 0 Å². The van der Waals surface area contributed by atoms with Gasteiger partial charge in [0, 0.05) is 19.1 Å². The van der Waals surface area contributed by atoms with E-state index in [0.717, 1.165) is 5.56 Å². The Morgan fingerprint density at radius 1 is 1.35 bits per heavy atom. The molecule has 0 heterocycles. The lowest BCUT2D eigenvalue weighted by Crippen LogP contribution is -2.30. The summed E-state index contributed by atoms with van der Waals surface area (Å²) in [7, 11) is 0. The van der Waals surface area contributed by atoms with Crippen molar-refractivity contribution in [2.24, 2.45) is 0 Å². The lowest BCUT2D eigenvalue weighted by Gasteiger charge is -2.28. The van der Waals surface area contributed by atoms with Gasteiger partial charge in [-0.05, 0) is 18.4 Å². The summed E-state index contributed by atoms with van der Waals surface area (Å²) in [5.74, 6) is -1.04. The molecule has 1 aromatic rings. The summed E-state index contributed by atoms with van der Waals surface area (Å²) >= 11 is 9.95. The van der Waals surface area contributed by atoms with E-state index >= 15 is 0 Å². The van der Waals surface area contributed by atoms with Gasteiger partial charge in [-0.2, -0.15) is 0 Å². The highest BCUT2D eigenvalue weighted by Gasteiger charge is 2.02. The fraction of sp³-hybridized carbons (Fsp3) is 0.333. The van der Waals surface area contributed by atoms with Gasteiger partial charge in [0.15, 0.2) is 0 Å². The van der Waals surface area contributed by atoms with Crippen molar-refractivity contribution < 1.29 is 9.90 Å². The summed E-state index contributed by atoms with van der Waals surface area (Å²) in [6.45, 7) is 1.17. The normalized spacial score (nSPS) is 9.88. The second-order valence-corrected chi connectivity index (χ2v) is 4.68. The molecule has 5 heteroatoms. The van der Waals surface area contributed by atoms with E-state index in [-0.39, 0.29) is 6.42 Å². The molecular weight excluding hydrogens is 254 g/mol. The van der Waals surface area contributed by atoms with Gasteiger partial charge in [0.05, 0.1) is 0 Å². The topological polar surface area (TPSA) is 43.4 Å². The minimum absolute atomic E-state index is 0.0310. The molecule has 3 nitrogen and oxygen atoms in total. The minimum atomic E-state index is -1.04. The molecule has 1 rings (SSSR count). The number of nitrogens with zero attached hydrogens (tertiary/aromatic N) is 1. The van der Waals surface area contributed by atoms with Gasteiger partial charge in [0.25, 0.3) is 0 Å². The van der Waals surface area contributed by atoms with Crippen LogP contribution in [0.2, 0.25) is 0 Å². The smallest absolute Gasteiger partial charge is 0.0415 e. The third-order valence-corrected chi connectivity index (χ3v) is 2.80. The molecule has 0 saturated carbocycles. The first kappa shape index (κ1) is 13.9. The monoisotopic (exact) mass is 267 g/mol. The Morgan fingerprint density at radius 3 is 2.53 bits per heavy atom. The standard InChI is InChI=1S/C12H15NO2S2/c14-11(15)7-4-8-13(12(16)17)9-10-5-2-1-3-6-10/h1-3,5-6H,4,7-9H2,(H,14,15)(H,16,17)/p-2. The molecule has 0 aliphatic carbocycles. The average Bonchev–Trinajstić information content (AvgIpc) is 2.28. The number of aliphatic carboxylic acids is 1. The Balaban J connectivity index is 2.49. The highest BCUT2D eigenvalue weighted by molar-refractivity contribution is 8.00. The van der Waals surface area contributed by atoms with Crippen LogP contribution in [0.25, 0.3) is 0 Å². The fourth-order valence-electron chi connectivity index (χ4n) is 1.45. The Labute approximate surface area is 112 Å². The van der Waals surface area contributed by atoms with Crippen LogP contribution in [-0.4, -0.2) is 21.7 Å². The average molecular weight is 267 g/mol. The van der Waals surface area contributed by atoms with Gasteiger partial charge in [0.1, 0.15) is 0 Å². The van der Waals surface area contributed by atoms with Crippen molar-refractivity contribution >= 4 is 35.1 Å². The van der Waals surface area contributed by atoms with Gasteiger partial charge in [-0.1, -0.05) is 34.7 Å². The van der Waals surface area contributed by atoms with Crippen LogP contribution >= 0.6 is 12.2 Å². The van der Waals surface area contributed by atoms with Crippen LogP contribution in [0.4, 0.5) is 0 Å². The van der Waals surface area contributed by atoms with E-state index in [1.165, 1.54) is 0 Å². The number of rotatable bonds is 6. The van der Waals surface area contributed by atoms with Crippen molar-refractivity contribution in [2.45, 2.75) is 19.4 Å². The molecular formula is C12H13NO2S2-2. The Morgan fingerprint density at radius 2 is 2.00 bits per heavy atom. The van der Waals surface area contributed by atoms with E-state index in [1.807, 2.05) is 35.2 Å².